The molecule has 4 rings (SSSR count). The normalized spacial score (nSPS) is 10.7. The van der Waals surface area contributed by atoms with Gasteiger partial charge in [-0.15, -0.1) is 0 Å². The van der Waals surface area contributed by atoms with Gasteiger partial charge in [0.15, 0.2) is 5.13 Å². The van der Waals surface area contributed by atoms with Crippen LogP contribution in [0.2, 0.25) is 0 Å². The standard InChI is InChI=1S/C22H17N3O4S/c1-29-18-11-12-20-19(13-18)23-22(30-20)24(14-15-5-3-2-4-6-15)21(26)16-7-9-17(10-8-16)25(27)28/h2-13H,14H2,1H3. The highest BCUT2D eigenvalue weighted by Gasteiger charge is 2.22. The average molecular weight is 419 g/mol. The third-order valence-corrected chi connectivity index (χ3v) is 5.63. The molecule has 150 valence electrons. The Morgan fingerprint density at radius 3 is 2.50 bits per heavy atom. The van der Waals surface area contributed by atoms with Crippen LogP contribution in [0.5, 0.6) is 5.75 Å². The smallest absolute Gasteiger partial charge is 0.269 e. The Hall–Kier alpha value is -3.78. The number of fused-ring (bicyclic) bond motifs is 1. The number of carbonyl (C=O) groups is 1. The van der Waals surface area contributed by atoms with E-state index in [1.54, 1.807) is 12.0 Å². The van der Waals surface area contributed by atoms with Gasteiger partial charge in [0, 0.05) is 23.8 Å². The number of non-ortho nitro benzene ring substituents is 1. The second kappa shape index (κ2) is 8.30. The molecule has 0 N–H and O–H groups in total. The van der Waals surface area contributed by atoms with Crippen LogP contribution >= 0.6 is 11.3 Å². The van der Waals surface area contributed by atoms with E-state index >= 15 is 0 Å². The Balaban J connectivity index is 1.74. The molecule has 8 heteroatoms. The molecule has 4 aromatic rings. The van der Waals surface area contributed by atoms with Crippen LogP contribution < -0.4 is 9.64 Å². The number of nitro benzene ring substituents is 1. The quantitative estimate of drug-likeness (QED) is 0.322. The number of nitro groups is 1. The minimum Gasteiger partial charge on any atom is -0.497 e. The van der Waals surface area contributed by atoms with Crippen molar-refractivity contribution in [3.8, 4) is 5.75 Å². The Morgan fingerprint density at radius 1 is 1.10 bits per heavy atom. The van der Waals surface area contributed by atoms with E-state index in [1.807, 2.05) is 48.5 Å². The summed E-state index contributed by atoms with van der Waals surface area (Å²) in [6.45, 7) is 0.327. The molecule has 0 radical (unpaired) electrons. The van der Waals surface area contributed by atoms with Gasteiger partial charge in [-0.2, -0.15) is 0 Å². The second-order valence-electron chi connectivity index (χ2n) is 6.51. The number of methoxy groups -OCH3 is 1. The third-order valence-electron chi connectivity index (χ3n) is 4.57. The SMILES string of the molecule is COc1ccc2sc(N(Cc3ccccc3)C(=O)c3ccc([N+](=O)[O-])cc3)nc2c1. The summed E-state index contributed by atoms with van der Waals surface area (Å²) >= 11 is 1.41. The number of aromatic nitrogens is 1. The molecule has 1 aromatic heterocycles. The van der Waals surface area contributed by atoms with Gasteiger partial charge >= 0.3 is 0 Å². The fraction of sp³-hybridized carbons (Fsp3) is 0.0909. The maximum Gasteiger partial charge on any atom is 0.269 e. The topological polar surface area (TPSA) is 85.6 Å². The molecule has 3 aromatic carbocycles. The lowest BCUT2D eigenvalue weighted by Crippen LogP contribution is -2.30. The van der Waals surface area contributed by atoms with Crippen molar-refractivity contribution in [1.82, 2.24) is 4.98 Å². The van der Waals surface area contributed by atoms with Crippen LogP contribution in [0.1, 0.15) is 15.9 Å². The average Bonchev–Trinajstić information content (AvgIpc) is 3.20. The largest absolute Gasteiger partial charge is 0.497 e. The fourth-order valence-electron chi connectivity index (χ4n) is 3.01. The fourth-order valence-corrected chi connectivity index (χ4v) is 3.95. The van der Waals surface area contributed by atoms with Gasteiger partial charge in [-0.25, -0.2) is 4.98 Å². The van der Waals surface area contributed by atoms with Crippen molar-refractivity contribution in [2.45, 2.75) is 6.54 Å². The first-order chi connectivity index (χ1) is 14.5. The molecule has 0 aliphatic rings. The van der Waals surface area contributed by atoms with Crippen molar-refractivity contribution in [3.05, 3.63) is 94.0 Å². The molecule has 0 aliphatic carbocycles. The first-order valence-corrected chi connectivity index (χ1v) is 9.91. The third kappa shape index (κ3) is 3.99. The number of amides is 1. The zero-order valence-corrected chi connectivity index (χ0v) is 16.8. The summed E-state index contributed by atoms with van der Waals surface area (Å²) in [5, 5.41) is 11.5. The molecule has 0 spiro atoms. The molecule has 0 saturated heterocycles. The molecular weight excluding hydrogens is 402 g/mol. The summed E-state index contributed by atoms with van der Waals surface area (Å²) in [5.74, 6) is 0.412. The van der Waals surface area contributed by atoms with E-state index in [9.17, 15) is 14.9 Å². The van der Waals surface area contributed by atoms with Crippen molar-refractivity contribution < 1.29 is 14.5 Å². The van der Waals surface area contributed by atoms with E-state index in [2.05, 4.69) is 4.98 Å². The van der Waals surface area contributed by atoms with Crippen molar-refractivity contribution in [2.75, 3.05) is 12.0 Å². The van der Waals surface area contributed by atoms with E-state index < -0.39 is 4.92 Å². The van der Waals surface area contributed by atoms with E-state index in [4.69, 9.17) is 4.74 Å². The highest BCUT2D eigenvalue weighted by atomic mass is 32.1. The van der Waals surface area contributed by atoms with Gasteiger partial charge < -0.3 is 4.74 Å². The molecule has 0 unspecified atom stereocenters. The molecule has 0 fully saturated rings. The van der Waals surface area contributed by atoms with E-state index in [-0.39, 0.29) is 11.6 Å². The second-order valence-corrected chi connectivity index (χ2v) is 7.52. The molecule has 0 atom stereocenters. The van der Waals surface area contributed by atoms with Crippen molar-refractivity contribution in [3.63, 3.8) is 0 Å². The maximum atomic E-state index is 13.3. The molecule has 30 heavy (non-hydrogen) atoms. The molecule has 0 bridgehead atoms. The number of thiazole rings is 1. The van der Waals surface area contributed by atoms with E-state index in [0.29, 0.717) is 23.0 Å². The highest BCUT2D eigenvalue weighted by molar-refractivity contribution is 7.22. The van der Waals surface area contributed by atoms with Crippen LogP contribution in [-0.4, -0.2) is 22.9 Å². The van der Waals surface area contributed by atoms with Gasteiger partial charge in [0.25, 0.3) is 11.6 Å². The lowest BCUT2D eigenvalue weighted by molar-refractivity contribution is -0.384. The van der Waals surface area contributed by atoms with Crippen LogP contribution in [0, 0.1) is 10.1 Å². The van der Waals surface area contributed by atoms with Gasteiger partial charge in [0.05, 0.1) is 28.8 Å². The van der Waals surface area contributed by atoms with Crippen molar-refractivity contribution >= 4 is 38.3 Å². The van der Waals surface area contributed by atoms with Crippen LogP contribution in [-0.2, 0) is 6.54 Å². The van der Waals surface area contributed by atoms with Crippen LogP contribution in [0.25, 0.3) is 10.2 Å². The zero-order chi connectivity index (χ0) is 21.1. The monoisotopic (exact) mass is 419 g/mol. The lowest BCUT2D eigenvalue weighted by atomic mass is 10.1. The summed E-state index contributed by atoms with van der Waals surface area (Å²) < 4.78 is 6.19. The number of hydrogen-bond acceptors (Lipinski definition) is 6. The van der Waals surface area contributed by atoms with Crippen molar-refractivity contribution in [1.29, 1.82) is 0 Å². The van der Waals surface area contributed by atoms with E-state index in [1.165, 1.54) is 35.6 Å². The van der Waals surface area contributed by atoms with Crippen molar-refractivity contribution in [2.24, 2.45) is 0 Å². The van der Waals surface area contributed by atoms with Crippen LogP contribution in [0.4, 0.5) is 10.8 Å². The number of anilines is 1. The summed E-state index contributed by atoms with van der Waals surface area (Å²) in [6, 6.07) is 20.8. The lowest BCUT2D eigenvalue weighted by Gasteiger charge is -2.20. The molecule has 7 nitrogen and oxygen atoms in total. The molecule has 1 amide bonds. The zero-order valence-electron chi connectivity index (χ0n) is 16.0. The highest BCUT2D eigenvalue weighted by Crippen LogP contribution is 2.33. The van der Waals surface area contributed by atoms with Crippen LogP contribution in [0.15, 0.2) is 72.8 Å². The summed E-state index contributed by atoms with van der Waals surface area (Å²) in [5.41, 5.74) is 1.98. The molecule has 0 saturated carbocycles. The number of nitrogens with zero attached hydrogens (tertiary/aromatic N) is 3. The number of rotatable bonds is 6. The predicted octanol–water partition coefficient (Wildman–Crippen LogP) is 5.06. The first kappa shape index (κ1) is 19.5. The number of benzene rings is 3. The summed E-state index contributed by atoms with van der Waals surface area (Å²) in [4.78, 5) is 30.0. The summed E-state index contributed by atoms with van der Waals surface area (Å²) in [6.07, 6.45) is 0. The maximum absolute atomic E-state index is 13.3. The Kier molecular flexibility index (Phi) is 5.40. The van der Waals surface area contributed by atoms with Gasteiger partial charge in [-0.1, -0.05) is 41.7 Å². The predicted molar refractivity (Wildman–Crippen MR) is 116 cm³/mol. The number of hydrogen-bond donors (Lipinski definition) is 0. The minimum atomic E-state index is -0.489. The van der Waals surface area contributed by atoms with Crippen LogP contribution in [0.3, 0.4) is 0 Å². The first-order valence-electron chi connectivity index (χ1n) is 9.10. The Labute approximate surface area is 176 Å². The molecule has 0 aliphatic heterocycles. The molecule has 1 heterocycles. The van der Waals surface area contributed by atoms with Gasteiger partial charge in [-0.3, -0.25) is 19.8 Å². The Morgan fingerprint density at radius 2 is 1.83 bits per heavy atom. The molecular formula is C22H17N3O4S. The number of ether oxygens (including phenoxy) is 1. The van der Waals surface area contributed by atoms with Gasteiger partial charge in [0.1, 0.15) is 5.75 Å². The Bertz CT molecular complexity index is 1210. The van der Waals surface area contributed by atoms with E-state index in [0.717, 1.165) is 15.8 Å². The summed E-state index contributed by atoms with van der Waals surface area (Å²) in [7, 11) is 1.59. The van der Waals surface area contributed by atoms with Gasteiger partial charge in [-0.05, 0) is 29.8 Å². The van der Waals surface area contributed by atoms with Gasteiger partial charge in [0.2, 0.25) is 0 Å². The minimum absolute atomic E-state index is 0.0618. The number of carbonyl (C=O) groups excluding carboxylic acids is 1.